The van der Waals surface area contributed by atoms with E-state index in [1.165, 1.54) is 0 Å². The highest BCUT2D eigenvalue weighted by Gasteiger charge is 2.27. The summed E-state index contributed by atoms with van der Waals surface area (Å²) >= 11 is 0. The number of hydrogen-bond donors (Lipinski definition) is 1. The normalized spacial score (nSPS) is 14.8. The van der Waals surface area contributed by atoms with Gasteiger partial charge in [0.2, 0.25) is 5.91 Å². The first-order chi connectivity index (χ1) is 14.5. The third-order valence-corrected chi connectivity index (χ3v) is 5.15. The zero-order valence-electron chi connectivity index (χ0n) is 17.1. The van der Waals surface area contributed by atoms with Crippen molar-refractivity contribution < 1.29 is 18.7 Å². The fraction of sp³-hybridized carbons (Fsp3) is 0.348. The highest BCUT2D eigenvalue weighted by molar-refractivity contribution is 5.94. The van der Waals surface area contributed by atoms with Gasteiger partial charge >= 0.3 is 5.97 Å². The van der Waals surface area contributed by atoms with Crippen molar-refractivity contribution in [2.75, 3.05) is 23.3 Å². The van der Waals surface area contributed by atoms with Crippen molar-refractivity contribution in [3.63, 3.8) is 0 Å². The molecule has 0 aliphatic carbocycles. The van der Waals surface area contributed by atoms with Crippen LogP contribution in [0, 0.1) is 5.92 Å². The molecule has 0 unspecified atom stereocenters. The third kappa shape index (κ3) is 4.45. The number of benzene rings is 2. The van der Waals surface area contributed by atoms with E-state index >= 15 is 0 Å². The van der Waals surface area contributed by atoms with Crippen LogP contribution in [0.4, 0.5) is 11.7 Å². The van der Waals surface area contributed by atoms with E-state index < -0.39 is 0 Å². The summed E-state index contributed by atoms with van der Waals surface area (Å²) < 4.78 is 11.0. The molecule has 1 aliphatic rings. The zero-order chi connectivity index (χ0) is 21.1. The molecule has 1 N–H and O–H groups in total. The van der Waals surface area contributed by atoms with Gasteiger partial charge in [0.15, 0.2) is 5.58 Å². The fourth-order valence-corrected chi connectivity index (χ4v) is 3.54. The molecule has 2 aromatic carbocycles. The quantitative estimate of drug-likeness (QED) is 0.637. The molecule has 0 spiro atoms. The van der Waals surface area contributed by atoms with Crippen molar-refractivity contribution in [3.05, 3.63) is 54.1 Å². The molecule has 1 amide bonds. The van der Waals surface area contributed by atoms with Gasteiger partial charge in [0, 0.05) is 24.7 Å². The number of fused-ring (bicyclic) bond motifs is 1. The number of nitrogens with zero attached hydrogens (tertiary/aromatic N) is 2. The summed E-state index contributed by atoms with van der Waals surface area (Å²) in [4.78, 5) is 31.2. The minimum absolute atomic E-state index is 0.00952. The first-order valence-corrected chi connectivity index (χ1v) is 10.2. The molecule has 0 saturated carbocycles. The van der Waals surface area contributed by atoms with Gasteiger partial charge in [-0.1, -0.05) is 12.1 Å². The van der Waals surface area contributed by atoms with E-state index in [4.69, 9.17) is 9.15 Å². The van der Waals surface area contributed by atoms with Crippen molar-refractivity contribution in [1.29, 1.82) is 0 Å². The molecule has 1 aromatic heterocycles. The number of para-hydroxylation sites is 2. The molecular weight excluding hydrogens is 382 g/mol. The number of aromatic nitrogens is 1. The third-order valence-electron chi connectivity index (χ3n) is 5.15. The fourth-order valence-electron chi connectivity index (χ4n) is 3.54. The number of amides is 1. The summed E-state index contributed by atoms with van der Waals surface area (Å²) in [5, 5.41) is 2.95. The minimum atomic E-state index is -0.366. The lowest BCUT2D eigenvalue weighted by molar-refractivity contribution is -0.120. The van der Waals surface area contributed by atoms with Crippen molar-refractivity contribution in [2.45, 2.75) is 32.8 Å². The Hall–Kier alpha value is -3.35. The predicted octanol–water partition coefficient (Wildman–Crippen LogP) is 4.25. The van der Waals surface area contributed by atoms with E-state index in [9.17, 15) is 9.59 Å². The Morgan fingerprint density at radius 3 is 2.47 bits per heavy atom. The summed E-state index contributed by atoms with van der Waals surface area (Å²) in [5.74, 6) is -0.449. The van der Waals surface area contributed by atoms with E-state index in [0.717, 1.165) is 23.9 Å². The number of carbonyl (C=O) groups excluding carboxylic acids is 2. The zero-order valence-corrected chi connectivity index (χ0v) is 17.1. The maximum atomic E-state index is 12.7. The lowest BCUT2D eigenvalue weighted by atomic mass is 9.96. The van der Waals surface area contributed by atoms with E-state index in [2.05, 4.69) is 15.2 Å². The van der Waals surface area contributed by atoms with Gasteiger partial charge in [-0.2, -0.15) is 4.98 Å². The Morgan fingerprint density at radius 1 is 1.10 bits per heavy atom. The monoisotopic (exact) mass is 407 g/mol. The van der Waals surface area contributed by atoms with Crippen LogP contribution in [0.2, 0.25) is 0 Å². The first kappa shape index (κ1) is 19.9. The maximum absolute atomic E-state index is 12.7. The Balaban J connectivity index is 1.31. The van der Waals surface area contributed by atoms with Gasteiger partial charge in [0.25, 0.3) is 6.01 Å². The number of piperidine rings is 1. The molecule has 7 heteroatoms. The number of rotatable bonds is 5. The molecule has 3 aromatic rings. The molecule has 1 saturated heterocycles. The van der Waals surface area contributed by atoms with Crippen LogP contribution in [-0.4, -0.2) is 36.1 Å². The van der Waals surface area contributed by atoms with E-state index in [-0.39, 0.29) is 23.9 Å². The standard InChI is InChI=1S/C23H25N3O4/c1-15(2)29-22(28)17-7-9-18(10-8-17)24-21(27)16-11-13-26(14-12-16)23-25-19-5-3-4-6-20(19)30-23/h3-10,15-16H,11-14H2,1-2H3,(H,24,27). The number of hydrogen-bond acceptors (Lipinski definition) is 6. The van der Waals surface area contributed by atoms with Crippen LogP contribution in [0.5, 0.6) is 0 Å². The van der Waals surface area contributed by atoms with Crippen LogP contribution in [0.15, 0.2) is 52.9 Å². The molecule has 0 atom stereocenters. The SMILES string of the molecule is CC(C)OC(=O)c1ccc(NC(=O)C2CCN(c3nc4ccccc4o3)CC2)cc1. The van der Waals surface area contributed by atoms with Gasteiger partial charge in [0.1, 0.15) is 5.52 Å². The molecule has 2 heterocycles. The number of esters is 1. The molecule has 0 bridgehead atoms. The molecule has 1 fully saturated rings. The summed E-state index contributed by atoms with van der Waals surface area (Å²) in [6, 6.07) is 15.1. The van der Waals surface area contributed by atoms with Crippen LogP contribution in [0.3, 0.4) is 0 Å². The number of ether oxygens (including phenoxy) is 1. The Kier molecular flexibility index (Phi) is 5.70. The lowest BCUT2D eigenvalue weighted by Gasteiger charge is -2.30. The molecule has 1 aliphatic heterocycles. The first-order valence-electron chi connectivity index (χ1n) is 10.2. The van der Waals surface area contributed by atoms with Crippen molar-refractivity contribution in [3.8, 4) is 0 Å². The Labute approximate surface area is 175 Å². The summed E-state index contributed by atoms with van der Waals surface area (Å²) in [6.45, 7) is 5.04. The summed E-state index contributed by atoms with van der Waals surface area (Å²) in [7, 11) is 0. The molecule has 7 nitrogen and oxygen atoms in total. The molecule has 0 radical (unpaired) electrons. The molecule has 4 rings (SSSR count). The van der Waals surface area contributed by atoms with Gasteiger partial charge in [-0.3, -0.25) is 4.79 Å². The van der Waals surface area contributed by atoms with Gasteiger partial charge < -0.3 is 19.4 Å². The number of carbonyl (C=O) groups is 2. The lowest BCUT2D eigenvalue weighted by Crippen LogP contribution is -2.38. The Morgan fingerprint density at radius 2 is 1.80 bits per heavy atom. The van der Waals surface area contributed by atoms with Gasteiger partial charge in [-0.05, 0) is 63.1 Å². The second-order valence-corrected chi connectivity index (χ2v) is 7.75. The van der Waals surface area contributed by atoms with Crippen LogP contribution < -0.4 is 10.2 Å². The predicted molar refractivity (Wildman–Crippen MR) is 115 cm³/mol. The second kappa shape index (κ2) is 8.57. The largest absolute Gasteiger partial charge is 0.459 e. The molecular formula is C23H25N3O4. The average Bonchev–Trinajstić information content (AvgIpc) is 3.18. The average molecular weight is 407 g/mol. The Bertz CT molecular complexity index is 1000. The highest BCUT2D eigenvalue weighted by atomic mass is 16.5. The van der Waals surface area contributed by atoms with Gasteiger partial charge in [-0.25, -0.2) is 4.79 Å². The van der Waals surface area contributed by atoms with Crippen LogP contribution in [0.25, 0.3) is 11.1 Å². The van der Waals surface area contributed by atoms with Gasteiger partial charge in [-0.15, -0.1) is 0 Å². The molecule has 30 heavy (non-hydrogen) atoms. The van der Waals surface area contributed by atoms with Crippen molar-refractivity contribution in [2.24, 2.45) is 5.92 Å². The van der Waals surface area contributed by atoms with Crippen LogP contribution in [-0.2, 0) is 9.53 Å². The molecule has 156 valence electrons. The van der Waals surface area contributed by atoms with Gasteiger partial charge in [0.05, 0.1) is 11.7 Å². The number of nitrogens with one attached hydrogen (secondary N) is 1. The van der Waals surface area contributed by atoms with Crippen LogP contribution in [0.1, 0.15) is 37.0 Å². The maximum Gasteiger partial charge on any atom is 0.338 e. The number of oxazole rings is 1. The minimum Gasteiger partial charge on any atom is -0.459 e. The van der Waals surface area contributed by atoms with Crippen LogP contribution >= 0.6 is 0 Å². The van der Waals surface area contributed by atoms with E-state index in [1.807, 2.05) is 38.1 Å². The topological polar surface area (TPSA) is 84.7 Å². The second-order valence-electron chi connectivity index (χ2n) is 7.75. The van der Waals surface area contributed by atoms with Crippen molar-refractivity contribution in [1.82, 2.24) is 4.98 Å². The smallest absolute Gasteiger partial charge is 0.338 e. The van der Waals surface area contributed by atoms with E-state index in [1.54, 1.807) is 24.3 Å². The summed E-state index contributed by atoms with van der Waals surface area (Å²) in [6.07, 6.45) is 1.28. The highest BCUT2D eigenvalue weighted by Crippen LogP contribution is 2.27. The summed E-state index contributed by atoms with van der Waals surface area (Å²) in [5.41, 5.74) is 2.75. The van der Waals surface area contributed by atoms with E-state index in [0.29, 0.717) is 30.4 Å². The van der Waals surface area contributed by atoms with Crippen molar-refractivity contribution >= 4 is 34.7 Å². The number of anilines is 2.